The van der Waals surface area contributed by atoms with Crippen molar-refractivity contribution >= 4 is 44.9 Å². The summed E-state index contributed by atoms with van der Waals surface area (Å²) in [6.45, 7) is 6.14. The molecule has 2 fully saturated rings. The van der Waals surface area contributed by atoms with Crippen LogP contribution in [0.2, 0.25) is 0 Å². The topological polar surface area (TPSA) is 90.0 Å². The lowest BCUT2D eigenvalue weighted by Crippen LogP contribution is -2.40. The SMILES string of the molecule is CCNC(=O)CN1CCCN(C(=O)c2sccc2S(=O)(=O)N2CCSCC2)CC1. The minimum atomic E-state index is -3.66. The van der Waals surface area contributed by atoms with Crippen LogP contribution in [0.4, 0.5) is 0 Å². The number of sulfonamides is 1. The number of nitrogens with zero attached hydrogens (tertiary/aromatic N) is 3. The first-order chi connectivity index (χ1) is 13.9. The fourth-order valence-electron chi connectivity index (χ4n) is 3.51. The second kappa shape index (κ2) is 10.3. The highest BCUT2D eigenvalue weighted by molar-refractivity contribution is 7.99. The van der Waals surface area contributed by atoms with E-state index in [0.29, 0.717) is 50.7 Å². The fourth-order valence-corrected chi connectivity index (χ4v) is 7.45. The number of thioether (sulfide) groups is 1. The number of carbonyl (C=O) groups excluding carboxylic acids is 2. The Morgan fingerprint density at radius 3 is 2.59 bits per heavy atom. The van der Waals surface area contributed by atoms with Crippen LogP contribution in [0.25, 0.3) is 0 Å². The third kappa shape index (κ3) is 5.52. The van der Waals surface area contributed by atoms with Gasteiger partial charge in [0.2, 0.25) is 15.9 Å². The Bertz CT molecular complexity index is 821. The molecule has 162 valence electrons. The Hall–Kier alpha value is -1.14. The van der Waals surface area contributed by atoms with Gasteiger partial charge in [-0.2, -0.15) is 16.1 Å². The molecule has 0 aromatic carbocycles. The Balaban J connectivity index is 1.68. The van der Waals surface area contributed by atoms with Crippen molar-refractivity contribution in [3.63, 3.8) is 0 Å². The van der Waals surface area contributed by atoms with Gasteiger partial charge < -0.3 is 10.2 Å². The summed E-state index contributed by atoms with van der Waals surface area (Å²) in [5.41, 5.74) is 0. The van der Waals surface area contributed by atoms with E-state index in [4.69, 9.17) is 0 Å². The largest absolute Gasteiger partial charge is 0.355 e. The third-order valence-corrected chi connectivity index (χ3v) is 8.94. The zero-order chi connectivity index (χ0) is 20.9. The standard InChI is InChI=1S/C18H28N4O4S3/c1-2-19-16(23)14-20-5-3-6-21(8-7-20)18(24)17-15(4-11-28-17)29(25,26)22-9-12-27-13-10-22/h4,11H,2-3,5-10,12-14H2,1H3,(H,19,23). The van der Waals surface area contributed by atoms with Gasteiger partial charge in [0.15, 0.2) is 0 Å². The molecule has 1 aromatic rings. The van der Waals surface area contributed by atoms with Crippen molar-refractivity contribution < 1.29 is 18.0 Å². The fraction of sp³-hybridized carbons (Fsp3) is 0.667. The first-order valence-corrected chi connectivity index (χ1v) is 13.3. The normalized spacial score (nSPS) is 19.7. The molecule has 2 amide bonds. The Labute approximate surface area is 180 Å². The molecule has 8 nitrogen and oxygen atoms in total. The molecule has 0 unspecified atom stereocenters. The Morgan fingerprint density at radius 2 is 1.86 bits per heavy atom. The van der Waals surface area contributed by atoms with Crippen LogP contribution in [0.3, 0.4) is 0 Å². The highest BCUT2D eigenvalue weighted by Crippen LogP contribution is 2.28. The highest BCUT2D eigenvalue weighted by Gasteiger charge is 2.33. The lowest BCUT2D eigenvalue weighted by atomic mass is 10.3. The molecule has 0 spiro atoms. The number of hydrogen-bond acceptors (Lipinski definition) is 7. The van der Waals surface area contributed by atoms with Gasteiger partial charge >= 0.3 is 0 Å². The predicted molar refractivity (Wildman–Crippen MR) is 116 cm³/mol. The summed E-state index contributed by atoms with van der Waals surface area (Å²) < 4.78 is 27.6. The van der Waals surface area contributed by atoms with Crippen LogP contribution in [0.5, 0.6) is 0 Å². The molecule has 29 heavy (non-hydrogen) atoms. The summed E-state index contributed by atoms with van der Waals surface area (Å²) in [7, 11) is -3.66. The molecule has 2 saturated heterocycles. The summed E-state index contributed by atoms with van der Waals surface area (Å²) in [5.74, 6) is 1.31. The van der Waals surface area contributed by atoms with E-state index >= 15 is 0 Å². The Morgan fingerprint density at radius 1 is 1.10 bits per heavy atom. The number of nitrogens with one attached hydrogen (secondary N) is 1. The van der Waals surface area contributed by atoms with Crippen LogP contribution in [-0.4, -0.2) is 98.2 Å². The lowest BCUT2D eigenvalue weighted by Gasteiger charge is -2.26. The van der Waals surface area contributed by atoms with E-state index in [1.807, 2.05) is 11.8 Å². The lowest BCUT2D eigenvalue weighted by molar-refractivity contribution is -0.122. The molecule has 0 radical (unpaired) electrons. The van der Waals surface area contributed by atoms with Crippen molar-refractivity contribution in [2.45, 2.75) is 18.2 Å². The van der Waals surface area contributed by atoms with Crippen molar-refractivity contribution in [1.82, 2.24) is 19.4 Å². The number of likely N-dealkylation sites (N-methyl/N-ethyl adjacent to an activating group) is 1. The van der Waals surface area contributed by atoms with Gasteiger partial charge in [-0.3, -0.25) is 14.5 Å². The van der Waals surface area contributed by atoms with Crippen LogP contribution >= 0.6 is 23.1 Å². The van der Waals surface area contributed by atoms with E-state index in [-0.39, 0.29) is 16.7 Å². The first kappa shape index (κ1) is 22.5. The highest BCUT2D eigenvalue weighted by atomic mass is 32.2. The van der Waals surface area contributed by atoms with Gasteiger partial charge in [0.1, 0.15) is 9.77 Å². The molecule has 2 aliphatic heterocycles. The van der Waals surface area contributed by atoms with Crippen LogP contribution < -0.4 is 5.32 Å². The van der Waals surface area contributed by atoms with Gasteiger partial charge in [-0.25, -0.2) is 8.42 Å². The van der Waals surface area contributed by atoms with Crippen molar-refractivity contribution in [2.24, 2.45) is 0 Å². The Kier molecular flexibility index (Phi) is 7.97. The van der Waals surface area contributed by atoms with Gasteiger partial charge in [0, 0.05) is 57.3 Å². The number of hydrogen-bond donors (Lipinski definition) is 1. The molecule has 0 atom stereocenters. The summed E-state index contributed by atoms with van der Waals surface area (Å²) in [5, 5.41) is 4.47. The smallest absolute Gasteiger partial charge is 0.265 e. The van der Waals surface area contributed by atoms with Crippen LogP contribution in [0, 0.1) is 0 Å². The molecule has 2 aliphatic rings. The van der Waals surface area contributed by atoms with Crippen molar-refractivity contribution in [1.29, 1.82) is 0 Å². The molecular formula is C18H28N4O4S3. The number of amides is 2. The molecular weight excluding hydrogens is 432 g/mol. The molecule has 3 rings (SSSR count). The maximum Gasteiger partial charge on any atom is 0.265 e. The van der Waals surface area contributed by atoms with E-state index in [2.05, 4.69) is 5.32 Å². The summed E-state index contributed by atoms with van der Waals surface area (Å²) >= 11 is 2.93. The minimum Gasteiger partial charge on any atom is -0.355 e. The van der Waals surface area contributed by atoms with Crippen LogP contribution in [-0.2, 0) is 14.8 Å². The van der Waals surface area contributed by atoms with Gasteiger partial charge in [0.25, 0.3) is 5.91 Å². The van der Waals surface area contributed by atoms with Crippen LogP contribution in [0.1, 0.15) is 23.0 Å². The molecule has 0 saturated carbocycles. The summed E-state index contributed by atoms with van der Waals surface area (Å²) in [6, 6.07) is 1.55. The zero-order valence-electron chi connectivity index (χ0n) is 16.6. The number of carbonyl (C=O) groups is 2. The zero-order valence-corrected chi connectivity index (χ0v) is 19.1. The number of rotatable bonds is 6. The number of thiophene rings is 1. The summed E-state index contributed by atoms with van der Waals surface area (Å²) in [4.78, 5) is 29.1. The van der Waals surface area contributed by atoms with Gasteiger partial charge in [-0.1, -0.05) is 0 Å². The van der Waals surface area contributed by atoms with E-state index in [9.17, 15) is 18.0 Å². The van der Waals surface area contributed by atoms with Gasteiger partial charge in [0.05, 0.1) is 6.54 Å². The van der Waals surface area contributed by atoms with E-state index < -0.39 is 10.0 Å². The molecule has 1 N–H and O–H groups in total. The molecule has 0 bridgehead atoms. The third-order valence-electron chi connectivity index (χ3n) is 5.03. The average molecular weight is 461 g/mol. The quantitative estimate of drug-likeness (QED) is 0.675. The van der Waals surface area contributed by atoms with Crippen molar-refractivity contribution in [3.8, 4) is 0 Å². The minimum absolute atomic E-state index is 0.0152. The average Bonchev–Trinajstić information content (AvgIpc) is 3.10. The van der Waals surface area contributed by atoms with Crippen LogP contribution in [0.15, 0.2) is 16.3 Å². The molecule has 3 heterocycles. The molecule has 1 aromatic heterocycles. The molecule has 11 heteroatoms. The first-order valence-electron chi connectivity index (χ1n) is 9.87. The van der Waals surface area contributed by atoms with E-state index in [1.165, 1.54) is 15.6 Å². The second-order valence-electron chi connectivity index (χ2n) is 7.01. The van der Waals surface area contributed by atoms with Crippen molar-refractivity contribution in [2.75, 3.05) is 63.9 Å². The maximum atomic E-state index is 13.1. The van der Waals surface area contributed by atoms with Crippen molar-refractivity contribution in [3.05, 3.63) is 16.3 Å². The van der Waals surface area contributed by atoms with Gasteiger partial charge in [-0.05, 0) is 24.8 Å². The van der Waals surface area contributed by atoms with E-state index in [0.717, 1.165) is 24.5 Å². The molecule has 0 aliphatic carbocycles. The van der Waals surface area contributed by atoms with E-state index in [1.54, 1.807) is 28.1 Å². The predicted octanol–water partition coefficient (Wildman–Crippen LogP) is 0.770. The monoisotopic (exact) mass is 460 g/mol. The maximum absolute atomic E-state index is 13.1. The van der Waals surface area contributed by atoms with Gasteiger partial charge in [-0.15, -0.1) is 11.3 Å². The second-order valence-corrected chi connectivity index (χ2v) is 11.1. The summed E-state index contributed by atoms with van der Waals surface area (Å²) in [6.07, 6.45) is 0.752.